The van der Waals surface area contributed by atoms with Gasteiger partial charge in [0.25, 0.3) is 0 Å². The molecule has 0 atom stereocenters. The lowest BCUT2D eigenvalue weighted by molar-refractivity contribution is -0.137. The van der Waals surface area contributed by atoms with Gasteiger partial charge in [0.05, 0.1) is 5.56 Å². The van der Waals surface area contributed by atoms with Crippen molar-refractivity contribution in [3.63, 3.8) is 0 Å². The first-order chi connectivity index (χ1) is 9.38. The summed E-state index contributed by atoms with van der Waals surface area (Å²) in [4.78, 5) is 6.20. The van der Waals surface area contributed by atoms with Gasteiger partial charge in [-0.15, -0.1) is 0 Å². The summed E-state index contributed by atoms with van der Waals surface area (Å²) in [5.41, 5.74) is 0.181. The summed E-state index contributed by atoms with van der Waals surface area (Å²) >= 11 is 0. The molecule has 0 spiro atoms. The van der Waals surface area contributed by atoms with Crippen molar-refractivity contribution in [2.45, 2.75) is 26.6 Å². The van der Waals surface area contributed by atoms with E-state index in [9.17, 15) is 13.2 Å². The number of hydrogen-bond donors (Lipinski definition) is 1. The molecule has 1 N–H and O–H groups in total. The van der Waals surface area contributed by atoms with E-state index in [2.05, 4.69) is 10.3 Å². The van der Waals surface area contributed by atoms with Gasteiger partial charge < -0.3 is 10.2 Å². The zero-order valence-electron chi connectivity index (χ0n) is 12.0. The zero-order valence-corrected chi connectivity index (χ0v) is 12.0. The smallest absolute Gasteiger partial charge is 0.357 e. The van der Waals surface area contributed by atoms with Crippen molar-refractivity contribution in [3.8, 4) is 0 Å². The lowest BCUT2D eigenvalue weighted by Gasteiger charge is -2.22. The van der Waals surface area contributed by atoms with Crippen molar-refractivity contribution in [2.24, 2.45) is 4.99 Å². The highest BCUT2D eigenvalue weighted by Gasteiger charge is 2.29. The fourth-order valence-electron chi connectivity index (χ4n) is 1.77. The topological polar surface area (TPSA) is 27.6 Å². The molecule has 0 heterocycles. The molecule has 0 unspecified atom stereocenters. The van der Waals surface area contributed by atoms with Gasteiger partial charge in [0.2, 0.25) is 0 Å². The fraction of sp³-hybridized carbons (Fsp3) is 0.500. The van der Waals surface area contributed by atoms with Gasteiger partial charge in [0.1, 0.15) is 0 Å². The van der Waals surface area contributed by atoms with Crippen molar-refractivity contribution in [1.82, 2.24) is 10.2 Å². The van der Waals surface area contributed by atoms with Crippen LogP contribution in [0.1, 0.15) is 25.0 Å². The number of rotatable bonds is 4. The largest absolute Gasteiger partial charge is 0.416 e. The summed E-state index contributed by atoms with van der Waals surface area (Å²) in [6.07, 6.45) is -4.29. The molecule has 1 aromatic carbocycles. The molecule has 0 saturated heterocycles. The minimum atomic E-state index is -4.29. The predicted octanol–water partition coefficient (Wildman–Crippen LogP) is 3.12. The molecule has 0 bridgehead atoms. The van der Waals surface area contributed by atoms with E-state index in [1.807, 2.05) is 25.8 Å². The Morgan fingerprint density at radius 2 is 1.80 bits per heavy atom. The molecule has 20 heavy (non-hydrogen) atoms. The van der Waals surface area contributed by atoms with Gasteiger partial charge in [-0.1, -0.05) is 12.1 Å². The molecule has 0 amide bonds. The van der Waals surface area contributed by atoms with Crippen molar-refractivity contribution in [3.05, 3.63) is 35.4 Å². The monoisotopic (exact) mass is 287 g/mol. The SMILES string of the molecule is CCN=C(NCC)N(C)Cc1ccc(C(F)(F)F)cc1. The average Bonchev–Trinajstić information content (AvgIpc) is 2.38. The minimum Gasteiger partial charge on any atom is -0.357 e. The summed E-state index contributed by atoms with van der Waals surface area (Å²) in [6.45, 7) is 5.81. The molecule has 0 fully saturated rings. The number of halogens is 3. The summed E-state index contributed by atoms with van der Waals surface area (Å²) in [6, 6.07) is 5.20. The van der Waals surface area contributed by atoms with E-state index >= 15 is 0 Å². The highest BCUT2D eigenvalue weighted by molar-refractivity contribution is 5.79. The minimum absolute atomic E-state index is 0.504. The zero-order chi connectivity index (χ0) is 15.2. The molecule has 0 aromatic heterocycles. The van der Waals surface area contributed by atoms with Crippen LogP contribution in [0.15, 0.2) is 29.3 Å². The van der Waals surface area contributed by atoms with Crippen LogP contribution in [0.25, 0.3) is 0 Å². The molecule has 112 valence electrons. The normalized spacial score (nSPS) is 12.4. The number of alkyl halides is 3. The van der Waals surface area contributed by atoms with Crippen LogP contribution in [-0.2, 0) is 12.7 Å². The fourth-order valence-corrected chi connectivity index (χ4v) is 1.77. The van der Waals surface area contributed by atoms with Crippen molar-refractivity contribution < 1.29 is 13.2 Å². The summed E-state index contributed by atoms with van der Waals surface area (Å²) in [5, 5.41) is 3.14. The number of hydrogen-bond acceptors (Lipinski definition) is 1. The van der Waals surface area contributed by atoms with E-state index in [1.54, 1.807) is 0 Å². The maximum Gasteiger partial charge on any atom is 0.416 e. The maximum absolute atomic E-state index is 12.5. The lowest BCUT2D eigenvalue weighted by Crippen LogP contribution is -2.38. The second-order valence-corrected chi connectivity index (χ2v) is 4.38. The van der Waals surface area contributed by atoms with Crippen molar-refractivity contribution >= 4 is 5.96 Å². The molecule has 0 aliphatic carbocycles. The van der Waals surface area contributed by atoms with E-state index in [-0.39, 0.29) is 0 Å². The van der Waals surface area contributed by atoms with Crippen LogP contribution in [0, 0.1) is 0 Å². The number of benzene rings is 1. The predicted molar refractivity (Wildman–Crippen MR) is 74.6 cm³/mol. The molecule has 1 aromatic rings. The Hall–Kier alpha value is -1.72. The summed E-state index contributed by atoms with van der Waals surface area (Å²) in [5.74, 6) is 0.745. The van der Waals surface area contributed by atoms with Gasteiger partial charge in [-0.3, -0.25) is 4.99 Å². The van der Waals surface area contributed by atoms with Crippen LogP contribution in [0.3, 0.4) is 0 Å². The standard InChI is InChI=1S/C14H20F3N3/c1-4-18-13(19-5-2)20(3)10-11-6-8-12(9-7-11)14(15,16)17/h6-9H,4-5,10H2,1-3H3,(H,18,19). The van der Waals surface area contributed by atoms with Gasteiger partial charge in [-0.2, -0.15) is 13.2 Å². The Kier molecular flexibility index (Phi) is 5.85. The Labute approximate surface area is 117 Å². The highest BCUT2D eigenvalue weighted by atomic mass is 19.4. The molecule has 0 aliphatic rings. The third-order valence-electron chi connectivity index (χ3n) is 2.71. The van der Waals surface area contributed by atoms with Crippen LogP contribution >= 0.6 is 0 Å². The second kappa shape index (κ2) is 7.17. The highest BCUT2D eigenvalue weighted by Crippen LogP contribution is 2.29. The van der Waals surface area contributed by atoms with E-state index in [0.717, 1.165) is 30.2 Å². The second-order valence-electron chi connectivity index (χ2n) is 4.38. The van der Waals surface area contributed by atoms with E-state index in [4.69, 9.17) is 0 Å². The van der Waals surface area contributed by atoms with Crippen LogP contribution < -0.4 is 5.32 Å². The third kappa shape index (κ3) is 4.75. The number of aliphatic imine (C=N–C) groups is 1. The van der Waals surface area contributed by atoms with Crippen LogP contribution in [0.5, 0.6) is 0 Å². The van der Waals surface area contributed by atoms with Crippen molar-refractivity contribution in [2.75, 3.05) is 20.1 Å². The Morgan fingerprint density at radius 1 is 1.20 bits per heavy atom. The first-order valence-corrected chi connectivity index (χ1v) is 6.54. The molecule has 0 aliphatic heterocycles. The van der Waals surface area contributed by atoms with Crippen LogP contribution in [0.4, 0.5) is 13.2 Å². The van der Waals surface area contributed by atoms with Gasteiger partial charge in [-0.25, -0.2) is 0 Å². The molecular formula is C14H20F3N3. The first kappa shape index (κ1) is 16.3. The Bertz CT molecular complexity index is 438. The maximum atomic E-state index is 12.5. The third-order valence-corrected chi connectivity index (χ3v) is 2.71. The molecule has 3 nitrogen and oxygen atoms in total. The van der Waals surface area contributed by atoms with Crippen molar-refractivity contribution in [1.29, 1.82) is 0 Å². The number of nitrogens with zero attached hydrogens (tertiary/aromatic N) is 2. The first-order valence-electron chi connectivity index (χ1n) is 6.54. The van der Waals surface area contributed by atoms with E-state index in [0.29, 0.717) is 13.1 Å². The van der Waals surface area contributed by atoms with Gasteiger partial charge >= 0.3 is 6.18 Å². The molecule has 0 saturated carbocycles. The van der Waals surface area contributed by atoms with E-state index < -0.39 is 11.7 Å². The van der Waals surface area contributed by atoms with E-state index in [1.165, 1.54) is 12.1 Å². The van der Waals surface area contributed by atoms with Crippen LogP contribution in [0.2, 0.25) is 0 Å². The lowest BCUT2D eigenvalue weighted by atomic mass is 10.1. The number of nitrogens with one attached hydrogen (secondary N) is 1. The molecular weight excluding hydrogens is 267 g/mol. The summed E-state index contributed by atoms with van der Waals surface area (Å²) in [7, 11) is 1.86. The average molecular weight is 287 g/mol. The Balaban J connectivity index is 2.75. The van der Waals surface area contributed by atoms with Gasteiger partial charge in [0.15, 0.2) is 5.96 Å². The quantitative estimate of drug-likeness (QED) is 0.680. The van der Waals surface area contributed by atoms with Gasteiger partial charge in [0, 0.05) is 26.7 Å². The summed E-state index contributed by atoms with van der Waals surface area (Å²) < 4.78 is 37.4. The van der Waals surface area contributed by atoms with Gasteiger partial charge in [-0.05, 0) is 31.5 Å². The number of guanidine groups is 1. The molecule has 0 radical (unpaired) electrons. The van der Waals surface area contributed by atoms with Crippen LogP contribution in [-0.4, -0.2) is 31.0 Å². The molecule has 1 rings (SSSR count). The molecule has 6 heteroatoms. The Morgan fingerprint density at radius 3 is 2.25 bits per heavy atom.